The predicted octanol–water partition coefficient (Wildman–Crippen LogP) is -0.614. The first kappa shape index (κ1) is 20.9. The molecule has 0 aliphatic heterocycles. The van der Waals surface area contributed by atoms with Crippen LogP contribution in [0.2, 0.25) is 0 Å². The maximum atomic E-state index is 11.9. The summed E-state index contributed by atoms with van der Waals surface area (Å²) in [5.74, 6) is -1.82. The Labute approximate surface area is 149 Å². The summed E-state index contributed by atoms with van der Waals surface area (Å²) in [4.78, 5) is 34.6. The Morgan fingerprint density at radius 3 is 2.32 bits per heavy atom. The largest absolute Gasteiger partial charge is 0.480 e. The zero-order chi connectivity index (χ0) is 19.0. The van der Waals surface area contributed by atoms with Gasteiger partial charge in [-0.1, -0.05) is 0 Å². The lowest BCUT2D eigenvalue weighted by Gasteiger charge is -2.14. The SMILES string of the molecule is CSCCC(NC(=O)CNC(=O)c1ccc(S(N)(=O)=O)cc1)C(=O)O. The van der Waals surface area contributed by atoms with Crippen LogP contribution < -0.4 is 15.8 Å². The number of rotatable bonds is 9. The molecule has 25 heavy (non-hydrogen) atoms. The maximum absolute atomic E-state index is 11.9. The van der Waals surface area contributed by atoms with Crippen LogP contribution >= 0.6 is 11.8 Å². The quantitative estimate of drug-likeness (QED) is 0.439. The summed E-state index contributed by atoms with van der Waals surface area (Å²) >= 11 is 1.46. The number of sulfonamides is 1. The van der Waals surface area contributed by atoms with Gasteiger partial charge in [-0.2, -0.15) is 11.8 Å². The van der Waals surface area contributed by atoms with E-state index in [2.05, 4.69) is 10.6 Å². The molecule has 1 atom stereocenters. The molecule has 0 spiro atoms. The van der Waals surface area contributed by atoms with Gasteiger partial charge in [-0.3, -0.25) is 9.59 Å². The molecule has 0 fully saturated rings. The molecule has 11 heteroatoms. The van der Waals surface area contributed by atoms with E-state index in [9.17, 15) is 22.8 Å². The molecule has 0 saturated heterocycles. The summed E-state index contributed by atoms with van der Waals surface area (Å²) in [6.07, 6.45) is 2.09. The van der Waals surface area contributed by atoms with Gasteiger partial charge < -0.3 is 15.7 Å². The number of aliphatic carboxylic acids is 1. The second kappa shape index (κ2) is 9.39. The van der Waals surface area contributed by atoms with E-state index >= 15 is 0 Å². The van der Waals surface area contributed by atoms with Crippen molar-refractivity contribution in [3.8, 4) is 0 Å². The first-order valence-electron chi connectivity index (χ1n) is 7.07. The van der Waals surface area contributed by atoms with E-state index in [-0.39, 0.29) is 16.9 Å². The van der Waals surface area contributed by atoms with Crippen LogP contribution in [0.1, 0.15) is 16.8 Å². The Morgan fingerprint density at radius 2 is 1.84 bits per heavy atom. The Bertz CT molecular complexity index is 733. The third-order valence-corrected chi connectivity index (χ3v) is 4.67. The fraction of sp³-hybridized carbons (Fsp3) is 0.357. The molecule has 1 aromatic carbocycles. The summed E-state index contributed by atoms with van der Waals surface area (Å²) in [6.45, 7) is -0.404. The van der Waals surface area contributed by atoms with Gasteiger partial charge >= 0.3 is 5.97 Å². The van der Waals surface area contributed by atoms with Gasteiger partial charge in [0.15, 0.2) is 0 Å². The van der Waals surface area contributed by atoms with Gasteiger partial charge in [0.2, 0.25) is 15.9 Å². The van der Waals surface area contributed by atoms with Crippen LogP contribution in [0.25, 0.3) is 0 Å². The van der Waals surface area contributed by atoms with E-state index in [0.29, 0.717) is 5.75 Å². The molecule has 0 saturated carbocycles. The molecule has 9 nitrogen and oxygen atoms in total. The Kier molecular flexibility index (Phi) is 7.87. The highest BCUT2D eigenvalue weighted by Gasteiger charge is 2.19. The Hall–Kier alpha value is -2.11. The van der Waals surface area contributed by atoms with Crippen LogP contribution in [-0.2, 0) is 19.6 Å². The lowest BCUT2D eigenvalue weighted by molar-refractivity contribution is -0.141. The summed E-state index contributed by atoms with van der Waals surface area (Å²) < 4.78 is 22.3. The Morgan fingerprint density at radius 1 is 1.24 bits per heavy atom. The van der Waals surface area contributed by atoms with Crippen molar-refractivity contribution in [1.82, 2.24) is 10.6 Å². The molecule has 0 radical (unpaired) electrons. The number of carboxylic acid groups (broad SMARTS) is 1. The Balaban J connectivity index is 2.57. The number of carboxylic acids is 1. The lowest BCUT2D eigenvalue weighted by Crippen LogP contribution is -2.45. The first-order valence-corrected chi connectivity index (χ1v) is 10.0. The minimum Gasteiger partial charge on any atom is -0.480 e. The highest BCUT2D eigenvalue weighted by atomic mass is 32.2. The summed E-state index contributed by atoms with van der Waals surface area (Å²) in [7, 11) is -3.85. The average molecular weight is 389 g/mol. The van der Waals surface area contributed by atoms with Crippen LogP contribution in [-0.4, -0.2) is 55.9 Å². The topological polar surface area (TPSA) is 156 Å². The maximum Gasteiger partial charge on any atom is 0.326 e. The predicted molar refractivity (Wildman–Crippen MR) is 92.7 cm³/mol. The summed E-state index contributed by atoms with van der Waals surface area (Å²) in [5, 5.41) is 18.6. The zero-order valence-corrected chi connectivity index (χ0v) is 15.0. The smallest absolute Gasteiger partial charge is 0.326 e. The highest BCUT2D eigenvalue weighted by molar-refractivity contribution is 7.98. The fourth-order valence-corrected chi connectivity index (χ4v) is 2.78. The van der Waals surface area contributed by atoms with Crippen LogP contribution in [0.4, 0.5) is 0 Å². The van der Waals surface area contributed by atoms with E-state index in [1.807, 2.05) is 6.26 Å². The van der Waals surface area contributed by atoms with Crippen molar-refractivity contribution in [1.29, 1.82) is 0 Å². The van der Waals surface area contributed by atoms with Gasteiger partial charge in [0.1, 0.15) is 6.04 Å². The van der Waals surface area contributed by atoms with Crippen LogP contribution in [0.5, 0.6) is 0 Å². The molecule has 1 unspecified atom stereocenters. The molecule has 0 aliphatic carbocycles. The van der Waals surface area contributed by atoms with Crippen molar-refractivity contribution in [2.75, 3.05) is 18.6 Å². The van der Waals surface area contributed by atoms with Crippen molar-refractivity contribution < 1.29 is 27.9 Å². The van der Waals surface area contributed by atoms with E-state index < -0.39 is 40.4 Å². The van der Waals surface area contributed by atoms with Crippen LogP contribution in [0.15, 0.2) is 29.2 Å². The van der Waals surface area contributed by atoms with Crippen LogP contribution in [0.3, 0.4) is 0 Å². The van der Waals surface area contributed by atoms with Gasteiger partial charge in [-0.25, -0.2) is 18.4 Å². The summed E-state index contributed by atoms with van der Waals surface area (Å²) in [5.41, 5.74) is 0.136. The molecule has 0 aliphatic rings. The minimum atomic E-state index is -3.85. The second-order valence-corrected chi connectivity index (χ2v) is 7.54. The zero-order valence-electron chi connectivity index (χ0n) is 13.4. The fourth-order valence-electron chi connectivity index (χ4n) is 1.80. The number of nitrogens with two attached hydrogens (primary N) is 1. The highest BCUT2D eigenvalue weighted by Crippen LogP contribution is 2.08. The molecule has 0 heterocycles. The molecule has 1 rings (SSSR count). The molecule has 2 amide bonds. The van der Waals surface area contributed by atoms with Crippen molar-refractivity contribution in [2.45, 2.75) is 17.4 Å². The van der Waals surface area contributed by atoms with Crippen molar-refractivity contribution in [2.24, 2.45) is 5.14 Å². The average Bonchev–Trinajstić information content (AvgIpc) is 2.55. The standard InChI is InChI=1S/C14H19N3O6S2/c1-24-7-6-11(14(20)21)17-12(18)8-16-13(19)9-2-4-10(5-3-9)25(15,22)23/h2-5,11H,6-8H2,1H3,(H,16,19)(H,17,18)(H,20,21)(H2,15,22,23). The van der Waals surface area contributed by atoms with Crippen molar-refractivity contribution in [3.63, 3.8) is 0 Å². The van der Waals surface area contributed by atoms with Crippen LogP contribution in [0, 0.1) is 0 Å². The molecular weight excluding hydrogens is 370 g/mol. The number of benzene rings is 1. The normalized spacial score (nSPS) is 12.2. The first-order chi connectivity index (χ1) is 11.6. The van der Waals surface area contributed by atoms with Crippen molar-refractivity contribution >= 4 is 39.6 Å². The summed E-state index contributed by atoms with van der Waals surface area (Å²) in [6, 6.07) is 3.84. The minimum absolute atomic E-state index is 0.136. The van der Waals surface area contributed by atoms with Gasteiger partial charge in [-0.15, -0.1) is 0 Å². The lowest BCUT2D eigenvalue weighted by atomic mass is 10.2. The molecule has 5 N–H and O–H groups in total. The number of hydrogen-bond acceptors (Lipinski definition) is 6. The monoisotopic (exact) mass is 389 g/mol. The molecular formula is C14H19N3O6S2. The number of hydrogen-bond donors (Lipinski definition) is 4. The molecule has 1 aromatic rings. The van der Waals surface area contributed by atoms with Gasteiger partial charge in [0.05, 0.1) is 11.4 Å². The third kappa shape index (κ3) is 7.11. The van der Waals surface area contributed by atoms with E-state index in [1.54, 1.807) is 0 Å². The molecule has 0 bridgehead atoms. The molecule has 138 valence electrons. The number of amides is 2. The van der Waals surface area contributed by atoms with E-state index in [4.69, 9.17) is 10.2 Å². The number of carbonyl (C=O) groups is 3. The second-order valence-electron chi connectivity index (χ2n) is 4.99. The van der Waals surface area contributed by atoms with Gasteiger partial charge in [0, 0.05) is 5.56 Å². The van der Waals surface area contributed by atoms with Gasteiger partial charge in [0.25, 0.3) is 5.91 Å². The van der Waals surface area contributed by atoms with Gasteiger partial charge in [-0.05, 0) is 42.7 Å². The molecule has 0 aromatic heterocycles. The third-order valence-electron chi connectivity index (χ3n) is 3.10. The number of nitrogens with one attached hydrogen (secondary N) is 2. The number of thioether (sulfide) groups is 1. The number of primary sulfonamides is 1. The van der Waals surface area contributed by atoms with Crippen molar-refractivity contribution in [3.05, 3.63) is 29.8 Å². The van der Waals surface area contributed by atoms with E-state index in [1.165, 1.54) is 36.0 Å². The van der Waals surface area contributed by atoms with E-state index in [0.717, 1.165) is 0 Å². The number of carbonyl (C=O) groups excluding carboxylic acids is 2.